The molecule has 1 heterocycles. The van der Waals surface area contributed by atoms with Crippen molar-refractivity contribution in [3.05, 3.63) is 29.3 Å². The Bertz CT molecular complexity index is 515. The number of carboxylic acid groups (broad SMARTS) is 1. The Morgan fingerprint density at radius 2 is 2.16 bits per heavy atom. The van der Waals surface area contributed by atoms with Crippen molar-refractivity contribution in [2.75, 3.05) is 27.2 Å². The van der Waals surface area contributed by atoms with Gasteiger partial charge in [0.05, 0.1) is 19.2 Å². The van der Waals surface area contributed by atoms with E-state index >= 15 is 0 Å². The molecule has 0 unspecified atom stereocenters. The first-order valence-corrected chi connectivity index (χ1v) is 5.93. The Kier molecular flexibility index (Phi) is 3.59. The third-order valence-electron chi connectivity index (χ3n) is 3.20. The molecule has 0 radical (unpaired) electrons. The number of ether oxygens (including phenoxy) is 1. The van der Waals surface area contributed by atoms with Gasteiger partial charge in [-0.15, -0.1) is 0 Å². The van der Waals surface area contributed by atoms with E-state index in [2.05, 4.69) is 0 Å². The molecule has 1 fully saturated rings. The molecule has 0 bridgehead atoms. The number of methoxy groups -OCH3 is 1. The number of hydrogen-bond donors (Lipinski definition) is 1. The molecule has 2 rings (SSSR count). The van der Waals surface area contributed by atoms with Gasteiger partial charge in [-0.25, -0.2) is 9.59 Å². The number of carbonyl (C=O) groups excluding carboxylic acids is 1. The monoisotopic (exact) mass is 264 g/mol. The molecule has 1 aromatic carbocycles. The summed E-state index contributed by atoms with van der Waals surface area (Å²) in [5.74, 6) is -0.510. The number of urea groups is 1. The highest BCUT2D eigenvalue weighted by Crippen LogP contribution is 2.23. The number of nitrogens with zero attached hydrogens (tertiary/aromatic N) is 2. The Hall–Kier alpha value is -2.24. The van der Waals surface area contributed by atoms with Crippen LogP contribution in [0.2, 0.25) is 0 Å². The van der Waals surface area contributed by atoms with Gasteiger partial charge in [0.25, 0.3) is 0 Å². The number of likely N-dealkylation sites (N-methyl/N-ethyl adjacent to an activating group) is 1. The van der Waals surface area contributed by atoms with Crippen LogP contribution in [0.3, 0.4) is 0 Å². The Balaban J connectivity index is 2.21. The lowest BCUT2D eigenvalue weighted by Gasteiger charge is -2.18. The standard InChI is InChI=1S/C13H16N2O4/c1-14-5-6-15(13(14)18)8-10-4-3-9(12(16)17)7-11(10)19-2/h3-4,7H,5-6,8H2,1-2H3,(H,16,17). The van der Waals surface area contributed by atoms with Gasteiger partial charge in [-0.2, -0.15) is 0 Å². The first-order chi connectivity index (χ1) is 9.02. The number of benzene rings is 1. The second kappa shape index (κ2) is 5.17. The number of amides is 2. The smallest absolute Gasteiger partial charge is 0.335 e. The molecule has 0 saturated carbocycles. The highest BCUT2D eigenvalue weighted by atomic mass is 16.5. The number of rotatable bonds is 4. The Morgan fingerprint density at radius 3 is 2.68 bits per heavy atom. The minimum absolute atomic E-state index is 0.0237. The van der Waals surface area contributed by atoms with Gasteiger partial charge in [0.1, 0.15) is 5.75 Å². The second-order valence-electron chi connectivity index (χ2n) is 4.46. The molecule has 102 valence electrons. The molecule has 0 aromatic heterocycles. The van der Waals surface area contributed by atoms with E-state index in [-0.39, 0.29) is 11.6 Å². The van der Waals surface area contributed by atoms with Crippen molar-refractivity contribution < 1.29 is 19.4 Å². The predicted octanol–water partition coefficient (Wildman–Crippen LogP) is 1.26. The number of aromatic carboxylic acids is 1. The van der Waals surface area contributed by atoms with Crippen LogP contribution in [0.15, 0.2) is 18.2 Å². The lowest BCUT2D eigenvalue weighted by molar-refractivity contribution is 0.0696. The van der Waals surface area contributed by atoms with Gasteiger partial charge in [0.15, 0.2) is 0 Å². The van der Waals surface area contributed by atoms with Crippen LogP contribution in [0.4, 0.5) is 4.79 Å². The van der Waals surface area contributed by atoms with E-state index in [0.29, 0.717) is 25.4 Å². The zero-order valence-corrected chi connectivity index (χ0v) is 10.9. The summed E-state index contributed by atoms with van der Waals surface area (Å²) in [4.78, 5) is 26.1. The molecule has 0 spiro atoms. The van der Waals surface area contributed by atoms with Crippen molar-refractivity contribution in [2.45, 2.75) is 6.54 Å². The number of hydrogen-bond acceptors (Lipinski definition) is 3. The molecule has 1 aromatic rings. The van der Waals surface area contributed by atoms with E-state index in [1.54, 1.807) is 22.9 Å². The van der Waals surface area contributed by atoms with Gasteiger partial charge in [-0.3, -0.25) is 0 Å². The summed E-state index contributed by atoms with van der Waals surface area (Å²) in [5.41, 5.74) is 0.974. The maximum absolute atomic E-state index is 11.8. The average molecular weight is 264 g/mol. The molecule has 6 nitrogen and oxygen atoms in total. The van der Waals surface area contributed by atoms with Crippen LogP contribution in [0, 0.1) is 0 Å². The molecule has 1 N–H and O–H groups in total. The molecule has 0 aliphatic carbocycles. The van der Waals surface area contributed by atoms with E-state index in [4.69, 9.17) is 9.84 Å². The van der Waals surface area contributed by atoms with Gasteiger partial charge in [-0.05, 0) is 12.1 Å². The molecule has 2 amide bonds. The third-order valence-corrected chi connectivity index (χ3v) is 3.20. The van der Waals surface area contributed by atoms with Crippen LogP contribution >= 0.6 is 0 Å². The Morgan fingerprint density at radius 1 is 1.42 bits per heavy atom. The minimum Gasteiger partial charge on any atom is -0.496 e. The molecule has 19 heavy (non-hydrogen) atoms. The Labute approximate surface area is 111 Å². The zero-order valence-electron chi connectivity index (χ0n) is 10.9. The lowest BCUT2D eigenvalue weighted by Crippen LogP contribution is -2.29. The molecule has 0 atom stereocenters. The van der Waals surface area contributed by atoms with Crippen LogP contribution in [-0.2, 0) is 6.54 Å². The lowest BCUT2D eigenvalue weighted by atomic mass is 10.1. The normalized spacial score (nSPS) is 14.9. The fourth-order valence-corrected chi connectivity index (χ4v) is 2.06. The van der Waals surface area contributed by atoms with Crippen LogP contribution in [0.1, 0.15) is 15.9 Å². The van der Waals surface area contributed by atoms with Crippen molar-refractivity contribution in [2.24, 2.45) is 0 Å². The summed E-state index contributed by atoms with van der Waals surface area (Å²) < 4.78 is 5.19. The highest BCUT2D eigenvalue weighted by Gasteiger charge is 2.26. The minimum atomic E-state index is -0.998. The molecule has 1 aliphatic heterocycles. The first kappa shape index (κ1) is 13.2. The zero-order chi connectivity index (χ0) is 14.0. The van der Waals surface area contributed by atoms with Crippen LogP contribution < -0.4 is 4.74 Å². The summed E-state index contributed by atoms with van der Waals surface area (Å²) in [6, 6.07) is 4.66. The summed E-state index contributed by atoms with van der Waals surface area (Å²) in [6.45, 7) is 1.79. The van der Waals surface area contributed by atoms with Crippen LogP contribution in [-0.4, -0.2) is 54.2 Å². The molecule has 6 heteroatoms. The molecule has 1 aliphatic rings. The highest BCUT2D eigenvalue weighted by molar-refractivity contribution is 5.88. The number of carbonyl (C=O) groups is 2. The summed E-state index contributed by atoms with van der Waals surface area (Å²) >= 11 is 0. The van der Waals surface area contributed by atoms with E-state index in [1.807, 2.05) is 0 Å². The van der Waals surface area contributed by atoms with Crippen molar-refractivity contribution in [1.82, 2.24) is 9.80 Å². The largest absolute Gasteiger partial charge is 0.496 e. The van der Waals surface area contributed by atoms with Crippen LogP contribution in [0.5, 0.6) is 5.75 Å². The first-order valence-electron chi connectivity index (χ1n) is 5.93. The maximum atomic E-state index is 11.8. The fourth-order valence-electron chi connectivity index (χ4n) is 2.06. The quantitative estimate of drug-likeness (QED) is 0.888. The molecular formula is C13H16N2O4. The summed E-state index contributed by atoms with van der Waals surface area (Å²) in [6.07, 6.45) is 0. The van der Waals surface area contributed by atoms with Crippen molar-refractivity contribution in [1.29, 1.82) is 0 Å². The summed E-state index contributed by atoms with van der Waals surface area (Å²) in [7, 11) is 3.25. The van der Waals surface area contributed by atoms with Crippen LogP contribution in [0.25, 0.3) is 0 Å². The van der Waals surface area contributed by atoms with E-state index in [9.17, 15) is 9.59 Å². The second-order valence-corrected chi connectivity index (χ2v) is 4.46. The maximum Gasteiger partial charge on any atom is 0.335 e. The van der Waals surface area contributed by atoms with Crippen molar-refractivity contribution >= 4 is 12.0 Å². The van der Waals surface area contributed by atoms with Crippen molar-refractivity contribution in [3.8, 4) is 5.75 Å². The summed E-state index contributed by atoms with van der Waals surface area (Å²) in [5, 5.41) is 8.93. The van der Waals surface area contributed by atoms with Gasteiger partial charge < -0.3 is 19.6 Å². The van der Waals surface area contributed by atoms with Crippen molar-refractivity contribution in [3.63, 3.8) is 0 Å². The molecular weight excluding hydrogens is 248 g/mol. The van der Waals surface area contributed by atoms with Gasteiger partial charge in [0, 0.05) is 25.7 Å². The third kappa shape index (κ3) is 2.62. The van der Waals surface area contributed by atoms with Gasteiger partial charge in [0.2, 0.25) is 0 Å². The number of carboxylic acids is 1. The van der Waals surface area contributed by atoms with E-state index in [1.165, 1.54) is 19.2 Å². The van der Waals surface area contributed by atoms with Gasteiger partial charge >= 0.3 is 12.0 Å². The average Bonchev–Trinajstić information content (AvgIpc) is 2.71. The molecule has 1 saturated heterocycles. The van der Waals surface area contributed by atoms with E-state index in [0.717, 1.165) is 5.56 Å². The topological polar surface area (TPSA) is 70.1 Å². The fraction of sp³-hybridized carbons (Fsp3) is 0.385. The van der Waals surface area contributed by atoms with E-state index < -0.39 is 5.97 Å². The SMILES string of the molecule is COc1cc(C(=O)O)ccc1CN1CCN(C)C1=O. The van der Waals surface area contributed by atoms with Gasteiger partial charge in [-0.1, -0.05) is 6.07 Å². The predicted molar refractivity (Wildman–Crippen MR) is 68.4 cm³/mol.